The van der Waals surface area contributed by atoms with Gasteiger partial charge in [0.2, 0.25) is 0 Å². The highest BCUT2D eigenvalue weighted by Gasteiger charge is 2.26. The van der Waals surface area contributed by atoms with Gasteiger partial charge in [-0.05, 0) is 83.5 Å². The zero-order chi connectivity index (χ0) is 58.7. The first-order valence-electron chi connectivity index (χ1n) is 34.4. The SMILES string of the molecule is CC/C=C\C/C=C\C/C=C\C/C=C\C/C=C\CCCCCCCCCCCCCCCCCCCCCCCC(=O)OC(COC(=O)CCCCCCCCCCCCC/C=C\CCCCCCCCCC)COP(=O)(O)OCCN. The topological polar surface area (TPSA) is 134 Å². The molecule has 3 N–H and O–H groups in total. The van der Waals surface area contributed by atoms with E-state index in [9.17, 15) is 19.0 Å². The summed E-state index contributed by atoms with van der Waals surface area (Å²) in [5, 5.41) is 0. The van der Waals surface area contributed by atoms with E-state index in [0.29, 0.717) is 6.42 Å². The molecule has 0 aromatic carbocycles. The molecular formula is C71H130NO8P. The molecular weight excluding hydrogens is 1030 g/mol. The van der Waals surface area contributed by atoms with Crippen molar-refractivity contribution < 1.29 is 37.6 Å². The molecule has 0 bridgehead atoms. The van der Waals surface area contributed by atoms with Crippen molar-refractivity contribution >= 4 is 19.8 Å². The van der Waals surface area contributed by atoms with Crippen molar-refractivity contribution in [3.8, 4) is 0 Å². The van der Waals surface area contributed by atoms with Gasteiger partial charge in [0.15, 0.2) is 6.10 Å². The Labute approximate surface area is 501 Å². The predicted molar refractivity (Wildman–Crippen MR) is 349 cm³/mol. The number of allylic oxidation sites excluding steroid dienone is 12. The Morgan fingerprint density at radius 1 is 0.383 bits per heavy atom. The number of esters is 2. The molecule has 0 aliphatic rings. The average Bonchev–Trinajstić information content (AvgIpc) is 3.46. The minimum atomic E-state index is -4.39. The van der Waals surface area contributed by atoms with Crippen LogP contribution in [0, 0.1) is 0 Å². The van der Waals surface area contributed by atoms with E-state index in [1.807, 2.05) is 0 Å². The number of unbranched alkanes of at least 4 members (excludes halogenated alkanes) is 40. The molecule has 81 heavy (non-hydrogen) atoms. The summed E-state index contributed by atoms with van der Waals surface area (Å²) < 4.78 is 33.2. The van der Waals surface area contributed by atoms with Crippen molar-refractivity contribution in [2.45, 2.75) is 341 Å². The van der Waals surface area contributed by atoms with Crippen LogP contribution in [0.15, 0.2) is 72.9 Å². The van der Waals surface area contributed by atoms with E-state index in [0.717, 1.165) is 64.2 Å². The smallest absolute Gasteiger partial charge is 0.462 e. The van der Waals surface area contributed by atoms with Crippen LogP contribution in [0.3, 0.4) is 0 Å². The van der Waals surface area contributed by atoms with Crippen LogP contribution >= 0.6 is 7.82 Å². The van der Waals surface area contributed by atoms with Gasteiger partial charge in [0.1, 0.15) is 6.61 Å². The van der Waals surface area contributed by atoms with Gasteiger partial charge < -0.3 is 20.1 Å². The van der Waals surface area contributed by atoms with Crippen molar-refractivity contribution in [2.75, 3.05) is 26.4 Å². The Kier molecular flexibility index (Phi) is 64.5. The van der Waals surface area contributed by atoms with Crippen molar-refractivity contribution in [3.05, 3.63) is 72.9 Å². The maximum absolute atomic E-state index is 12.8. The summed E-state index contributed by atoms with van der Waals surface area (Å²) in [4.78, 5) is 35.3. The lowest BCUT2D eigenvalue weighted by Gasteiger charge is -2.19. The molecule has 0 amide bonds. The molecule has 0 aliphatic heterocycles. The third-order valence-electron chi connectivity index (χ3n) is 15.1. The van der Waals surface area contributed by atoms with Crippen LogP contribution in [0.5, 0.6) is 0 Å². The summed E-state index contributed by atoms with van der Waals surface area (Å²) in [6, 6.07) is 0. The fraction of sp³-hybridized carbons (Fsp3) is 0.803. The Morgan fingerprint density at radius 2 is 0.679 bits per heavy atom. The zero-order valence-electron chi connectivity index (χ0n) is 53.0. The molecule has 9 nitrogen and oxygen atoms in total. The van der Waals surface area contributed by atoms with E-state index in [4.69, 9.17) is 24.3 Å². The molecule has 0 spiro atoms. The van der Waals surface area contributed by atoms with Crippen LogP contribution in [0.2, 0.25) is 0 Å². The fourth-order valence-electron chi connectivity index (χ4n) is 10.0. The van der Waals surface area contributed by atoms with E-state index < -0.39 is 26.5 Å². The van der Waals surface area contributed by atoms with E-state index >= 15 is 0 Å². The number of hydrogen-bond donors (Lipinski definition) is 2. The minimum Gasteiger partial charge on any atom is -0.462 e. The van der Waals surface area contributed by atoms with Crippen LogP contribution in [0.4, 0.5) is 0 Å². The van der Waals surface area contributed by atoms with Gasteiger partial charge >= 0.3 is 19.8 Å². The first kappa shape index (κ1) is 78.5. The maximum atomic E-state index is 12.8. The van der Waals surface area contributed by atoms with Gasteiger partial charge in [-0.2, -0.15) is 0 Å². The number of phosphoric ester groups is 1. The van der Waals surface area contributed by atoms with Crippen molar-refractivity contribution in [2.24, 2.45) is 5.73 Å². The van der Waals surface area contributed by atoms with Gasteiger partial charge in [-0.25, -0.2) is 4.57 Å². The number of nitrogens with two attached hydrogens (primary N) is 1. The van der Waals surface area contributed by atoms with Crippen molar-refractivity contribution in [1.82, 2.24) is 0 Å². The predicted octanol–water partition coefficient (Wildman–Crippen LogP) is 22.4. The third kappa shape index (κ3) is 66.5. The quantitative estimate of drug-likeness (QED) is 0.0264. The van der Waals surface area contributed by atoms with Crippen LogP contribution in [0.1, 0.15) is 335 Å². The fourth-order valence-corrected chi connectivity index (χ4v) is 10.8. The van der Waals surface area contributed by atoms with Gasteiger partial charge in [-0.15, -0.1) is 0 Å². The Morgan fingerprint density at radius 3 is 1.02 bits per heavy atom. The van der Waals surface area contributed by atoms with Crippen molar-refractivity contribution in [1.29, 1.82) is 0 Å². The number of carbonyl (C=O) groups excluding carboxylic acids is 2. The molecule has 0 saturated heterocycles. The third-order valence-corrected chi connectivity index (χ3v) is 16.1. The summed E-state index contributed by atoms with van der Waals surface area (Å²) in [6.45, 7) is 3.68. The minimum absolute atomic E-state index is 0.0538. The summed E-state index contributed by atoms with van der Waals surface area (Å²) in [5.74, 6) is -0.813. The second-order valence-electron chi connectivity index (χ2n) is 23.0. The number of phosphoric acid groups is 1. The first-order valence-corrected chi connectivity index (χ1v) is 35.9. The Hall–Kier alpha value is -2.55. The molecule has 472 valence electrons. The van der Waals surface area contributed by atoms with E-state index in [1.165, 1.54) is 238 Å². The molecule has 0 aromatic heterocycles. The number of hydrogen-bond acceptors (Lipinski definition) is 8. The lowest BCUT2D eigenvalue weighted by molar-refractivity contribution is -0.161. The molecule has 10 heteroatoms. The average molecular weight is 1160 g/mol. The van der Waals surface area contributed by atoms with Crippen molar-refractivity contribution in [3.63, 3.8) is 0 Å². The van der Waals surface area contributed by atoms with Gasteiger partial charge in [0.25, 0.3) is 0 Å². The lowest BCUT2D eigenvalue weighted by Crippen LogP contribution is -2.29. The lowest BCUT2D eigenvalue weighted by atomic mass is 10.0. The van der Waals surface area contributed by atoms with Crippen LogP contribution in [-0.2, 0) is 32.7 Å². The highest BCUT2D eigenvalue weighted by molar-refractivity contribution is 7.47. The van der Waals surface area contributed by atoms with Crippen LogP contribution < -0.4 is 5.73 Å². The first-order chi connectivity index (χ1) is 39.8. The Bertz CT molecular complexity index is 1560. The Balaban J connectivity index is 3.83. The molecule has 2 atom stereocenters. The highest BCUT2D eigenvalue weighted by Crippen LogP contribution is 2.43. The van der Waals surface area contributed by atoms with Crippen LogP contribution in [0.25, 0.3) is 0 Å². The van der Waals surface area contributed by atoms with Gasteiger partial charge in [-0.3, -0.25) is 18.6 Å². The second kappa shape index (κ2) is 66.6. The monoisotopic (exact) mass is 1160 g/mol. The summed E-state index contributed by atoms with van der Waals surface area (Å²) >= 11 is 0. The van der Waals surface area contributed by atoms with Gasteiger partial charge in [0.05, 0.1) is 13.2 Å². The maximum Gasteiger partial charge on any atom is 0.472 e. The normalized spacial score (nSPS) is 13.4. The van der Waals surface area contributed by atoms with E-state index in [-0.39, 0.29) is 38.6 Å². The molecule has 0 radical (unpaired) electrons. The van der Waals surface area contributed by atoms with Gasteiger partial charge in [-0.1, -0.05) is 311 Å². The molecule has 0 aliphatic carbocycles. The summed E-state index contributed by atoms with van der Waals surface area (Å²) in [5.41, 5.74) is 5.40. The van der Waals surface area contributed by atoms with E-state index in [1.54, 1.807) is 0 Å². The number of rotatable bonds is 65. The van der Waals surface area contributed by atoms with Crippen LogP contribution in [-0.4, -0.2) is 49.3 Å². The largest absolute Gasteiger partial charge is 0.472 e. The molecule has 0 saturated carbocycles. The highest BCUT2D eigenvalue weighted by atomic mass is 31.2. The standard InChI is InChI=1S/C71H130NO8P/c1-3-5-7-9-11-13-15-17-19-21-23-25-27-28-29-30-31-32-33-34-35-36-37-38-39-40-42-44-46-48-50-52-54-56-58-60-62-64-71(74)80-69(68-79-81(75,76)78-66-65-72)67-77-70(73)63-61-59-57-55-53-51-49-47-45-43-41-26-24-22-20-18-16-14-12-10-8-6-4-2/h5,7,11,13,17,19,22-25,28-29,69H,3-4,6,8-10,12,14-16,18,20-21,26-27,30-68,72H2,1-2H3,(H,75,76)/b7-5-,13-11-,19-17-,24-22-,25-23-,29-28-. The van der Waals surface area contributed by atoms with Gasteiger partial charge in [0, 0.05) is 19.4 Å². The molecule has 0 aromatic rings. The van der Waals surface area contributed by atoms with E-state index in [2.05, 4.69) is 86.8 Å². The molecule has 2 unspecified atom stereocenters. The summed E-state index contributed by atoms with van der Waals surface area (Å²) in [7, 11) is -4.39. The summed E-state index contributed by atoms with van der Waals surface area (Å²) in [6.07, 6.45) is 87.1. The zero-order valence-corrected chi connectivity index (χ0v) is 53.9. The second-order valence-corrected chi connectivity index (χ2v) is 24.5. The molecule has 0 heterocycles. The molecule has 0 fully saturated rings. The number of ether oxygens (including phenoxy) is 2. The number of carbonyl (C=O) groups is 2. The molecule has 0 rings (SSSR count).